The Balaban J connectivity index is 1.42. The van der Waals surface area contributed by atoms with E-state index in [4.69, 9.17) is 0 Å². The van der Waals surface area contributed by atoms with Gasteiger partial charge >= 0.3 is 0 Å². The van der Waals surface area contributed by atoms with Crippen molar-refractivity contribution in [3.63, 3.8) is 0 Å². The summed E-state index contributed by atoms with van der Waals surface area (Å²) in [7, 11) is 0. The molecule has 1 aliphatic carbocycles. The van der Waals surface area contributed by atoms with Crippen molar-refractivity contribution in [1.82, 2.24) is 19.9 Å². The van der Waals surface area contributed by atoms with Crippen molar-refractivity contribution in [2.45, 2.75) is 56.7 Å². The molecule has 1 amide bonds. The van der Waals surface area contributed by atoms with Crippen LogP contribution < -0.4 is 10.2 Å². The summed E-state index contributed by atoms with van der Waals surface area (Å²) in [5.41, 5.74) is 1.10. The Morgan fingerprint density at radius 2 is 1.94 bits per heavy atom. The van der Waals surface area contributed by atoms with Crippen LogP contribution in [0.3, 0.4) is 0 Å². The molecule has 3 aromatic rings. The van der Waals surface area contributed by atoms with Crippen LogP contribution in [0.2, 0.25) is 0 Å². The van der Waals surface area contributed by atoms with Crippen LogP contribution >= 0.6 is 0 Å². The van der Waals surface area contributed by atoms with Crippen molar-refractivity contribution in [3.8, 4) is 0 Å². The predicted octanol–water partition coefficient (Wildman–Crippen LogP) is 3.38. The van der Waals surface area contributed by atoms with Crippen molar-refractivity contribution in [2.75, 3.05) is 11.4 Å². The Kier molecular flexibility index (Phi) is 5.50. The largest absolute Gasteiger partial charge is 0.393 e. The zero-order valence-corrected chi connectivity index (χ0v) is 17.5. The quantitative estimate of drug-likeness (QED) is 0.649. The van der Waals surface area contributed by atoms with Crippen molar-refractivity contribution in [2.24, 2.45) is 0 Å². The molecule has 2 aliphatic rings. The lowest BCUT2D eigenvalue weighted by atomic mass is 9.93. The van der Waals surface area contributed by atoms with E-state index in [1.54, 1.807) is 12.3 Å². The van der Waals surface area contributed by atoms with Crippen LogP contribution in [0.5, 0.6) is 0 Å². The minimum atomic E-state index is -0.471. The first-order chi connectivity index (χ1) is 15.5. The van der Waals surface area contributed by atoms with Gasteiger partial charge in [-0.3, -0.25) is 4.79 Å². The van der Waals surface area contributed by atoms with Crippen LogP contribution in [0, 0.1) is 11.6 Å². The van der Waals surface area contributed by atoms with Gasteiger partial charge in [0.1, 0.15) is 23.0 Å². The van der Waals surface area contributed by atoms with Crippen molar-refractivity contribution in [3.05, 3.63) is 59.4 Å². The monoisotopic (exact) mass is 441 g/mol. The highest BCUT2D eigenvalue weighted by atomic mass is 19.1. The molecule has 9 heteroatoms. The molecule has 1 atom stereocenters. The number of fused-ring (bicyclic) bond motifs is 1. The standard InChI is InChI=1S/C23H25F2N5O2/c24-14-3-8-19(25)17(12-14)20-2-1-10-29(20)21-9-11-30-22(28-21)18(13-26-30)23(32)27-15-4-6-16(31)7-5-15/h3,8-9,11-13,15-16,20,31H,1-2,4-7,10H2,(H,27,32). The van der Waals surface area contributed by atoms with E-state index in [9.17, 15) is 18.7 Å². The fourth-order valence-corrected chi connectivity index (χ4v) is 4.80. The van der Waals surface area contributed by atoms with E-state index in [-0.39, 0.29) is 24.1 Å². The summed E-state index contributed by atoms with van der Waals surface area (Å²) in [5.74, 6) is -0.563. The average molecular weight is 441 g/mol. The van der Waals surface area contributed by atoms with Crippen LogP contribution in [-0.4, -0.2) is 44.3 Å². The minimum absolute atomic E-state index is 0.0166. The number of anilines is 1. The lowest BCUT2D eigenvalue weighted by Crippen LogP contribution is -2.38. The van der Waals surface area contributed by atoms with Gasteiger partial charge in [0.15, 0.2) is 5.65 Å². The number of hydrogen-bond acceptors (Lipinski definition) is 5. The molecule has 2 fully saturated rings. The first-order valence-electron chi connectivity index (χ1n) is 11.0. The number of nitrogens with one attached hydrogen (secondary N) is 1. The molecule has 0 spiro atoms. The third kappa shape index (κ3) is 3.92. The Bertz CT molecular complexity index is 1140. The lowest BCUT2D eigenvalue weighted by Gasteiger charge is -2.27. The van der Waals surface area contributed by atoms with Crippen LogP contribution in [0.15, 0.2) is 36.7 Å². The number of amides is 1. The van der Waals surface area contributed by atoms with Gasteiger partial charge in [0, 0.05) is 24.3 Å². The molecule has 1 aromatic carbocycles. The number of benzene rings is 1. The highest BCUT2D eigenvalue weighted by molar-refractivity contribution is 5.99. The second-order valence-electron chi connectivity index (χ2n) is 8.61. The second-order valence-corrected chi connectivity index (χ2v) is 8.61. The van der Waals surface area contributed by atoms with Crippen molar-refractivity contribution >= 4 is 17.4 Å². The molecule has 168 valence electrons. The Hall–Kier alpha value is -3.07. The number of rotatable bonds is 4. The highest BCUT2D eigenvalue weighted by Crippen LogP contribution is 2.36. The number of carbonyl (C=O) groups is 1. The molecule has 0 radical (unpaired) electrons. The predicted molar refractivity (Wildman–Crippen MR) is 114 cm³/mol. The van der Waals surface area contributed by atoms with Gasteiger partial charge in [-0.1, -0.05) is 0 Å². The normalized spacial score (nSPS) is 23.6. The number of aromatic nitrogens is 3. The van der Waals surface area contributed by atoms with Gasteiger partial charge < -0.3 is 15.3 Å². The van der Waals surface area contributed by atoms with Crippen molar-refractivity contribution in [1.29, 1.82) is 0 Å². The summed E-state index contributed by atoms with van der Waals surface area (Å²) in [4.78, 5) is 19.5. The molecule has 1 aliphatic heterocycles. The smallest absolute Gasteiger partial charge is 0.256 e. The minimum Gasteiger partial charge on any atom is -0.393 e. The number of carbonyl (C=O) groups excluding carboxylic acids is 1. The van der Waals surface area contributed by atoms with E-state index in [0.29, 0.717) is 48.4 Å². The van der Waals surface area contributed by atoms with E-state index < -0.39 is 11.6 Å². The number of hydrogen-bond donors (Lipinski definition) is 2. The first kappa shape index (κ1) is 20.8. The zero-order valence-electron chi connectivity index (χ0n) is 17.5. The molecule has 1 unspecified atom stereocenters. The van der Waals surface area contributed by atoms with E-state index in [0.717, 1.165) is 31.4 Å². The van der Waals surface area contributed by atoms with E-state index in [1.807, 2.05) is 4.90 Å². The maximum absolute atomic E-state index is 14.4. The maximum atomic E-state index is 14.4. The fraction of sp³-hybridized carbons (Fsp3) is 0.435. The van der Waals surface area contributed by atoms with E-state index in [2.05, 4.69) is 15.4 Å². The summed E-state index contributed by atoms with van der Waals surface area (Å²) in [5, 5.41) is 16.9. The van der Waals surface area contributed by atoms with Gasteiger partial charge in [0.25, 0.3) is 5.91 Å². The fourth-order valence-electron chi connectivity index (χ4n) is 4.80. The molecule has 2 N–H and O–H groups in total. The Morgan fingerprint density at radius 1 is 1.12 bits per heavy atom. The molecule has 3 heterocycles. The first-order valence-corrected chi connectivity index (χ1v) is 11.0. The molecule has 0 bridgehead atoms. The van der Waals surface area contributed by atoms with Gasteiger partial charge in [0.05, 0.1) is 18.3 Å². The van der Waals surface area contributed by atoms with E-state index >= 15 is 0 Å². The third-order valence-corrected chi connectivity index (χ3v) is 6.50. The van der Waals surface area contributed by atoms with Crippen LogP contribution in [0.4, 0.5) is 14.6 Å². The molecule has 5 rings (SSSR count). The lowest BCUT2D eigenvalue weighted by molar-refractivity contribution is 0.0869. The van der Waals surface area contributed by atoms with Crippen LogP contribution in [-0.2, 0) is 0 Å². The van der Waals surface area contributed by atoms with Gasteiger partial charge in [-0.25, -0.2) is 18.3 Å². The number of halogens is 2. The van der Waals surface area contributed by atoms with Crippen molar-refractivity contribution < 1.29 is 18.7 Å². The SMILES string of the molecule is O=C(NC1CCC(O)CC1)c1cnn2ccc(N3CCCC3c3cc(F)ccc3F)nc12. The summed E-state index contributed by atoms with van der Waals surface area (Å²) in [6.07, 6.45) is 7.26. The summed E-state index contributed by atoms with van der Waals surface area (Å²) < 4.78 is 29.8. The number of nitrogens with zero attached hydrogens (tertiary/aromatic N) is 4. The molecule has 1 saturated heterocycles. The van der Waals surface area contributed by atoms with Gasteiger partial charge in [-0.2, -0.15) is 5.10 Å². The molecular weight excluding hydrogens is 416 g/mol. The van der Waals surface area contributed by atoms with E-state index in [1.165, 1.54) is 16.8 Å². The zero-order chi connectivity index (χ0) is 22.2. The summed E-state index contributed by atoms with van der Waals surface area (Å²) in [6.45, 7) is 0.657. The van der Waals surface area contributed by atoms with Crippen LogP contribution in [0.25, 0.3) is 5.65 Å². The maximum Gasteiger partial charge on any atom is 0.256 e. The molecule has 2 aromatic heterocycles. The summed E-state index contributed by atoms with van der Waals surface area (Å²) >= 11 is 0. The topological polar surface area (TPSA) is 82.8 Å². The highest BCUT2D eigenvalue weighted by Gasteiger charge is 2.30. The second kappa shape index (κ2) is 8.46. The van der Waals surface area contributed by atoms with Gasteiger partial charge in [-0.15, -0.1) is 0 Å². The summed E-state index contributed by atoms with van der Waals surface area (Å²) in [6, 6.07) is 4.99. The van der Waals surface area contributed by atoms with Crippen LogP contribution in [0.1, 0.15) is 60.5 Å². The van der Waals surface area contributed by atoms with Gasteiger partial charge in [-0.05, 0) is 62.8 Å². The molecule has 32 heavy (non-hydrogen) atoms. The average Bonchev–Trinajstić information content (AvgIpc) is 3.43. The molecular formula is C23H25F2N5O2. The third-order valence-electron chi connectivity index (χ3n) is 6.50. The number of aliphatic hydroxyl groups is 1. The van der Waals surface area contributed by atoms with Gasteiger partial charge in [0.2, 0.25) is 0 Å². The Labute approximate surface area is 184 Å². The molecule has 1 saturated carbocycles. The number of aliphatic hydroxyl groups excluding tert-OH is 1. The molecule has 7 nitrogen and oxygen atoms in total. The Morgan fingerprint density at radius 3 is 2.75 bits per heavy atom.